The molecule has 0 saturated heterocycles. The maximum absolute atomic E-state index is 13.0. The summed E-state index contributed by atoms with van der Waals surface area (Å²) in [5, 5.41) is 0.308. The summed E-state index contributed by atoms with van der Waals surface area (Å²) < 4.78 is 11.7. The van der Waals surface area contributed by atoms with E-state index in [1.54, 1.807) is 16.5 Å². The number of ether oxygens (including phenoxy) is 2. The Bertz CT molecular complexity index is 1650. The smallest absolute Gasteiger partial charge is 0.344 e. The minimum Gasteiger partial charge on any atom is -0.465 e. The molecule has 9 nitrogen and oxygen atoms in total. The van der Waals surface area contributed by atoms with E-state index in [2.05, 4.69) is 16.5 Å². The minimum atomic E-state index is -0.680. The molecule has 0 bridgehead atoms. The van der Waals surface area contributed by atoms with Gasteiger partial charge >= 0.3 is 11.9 Å². The number of hydrogen-bond donors (Lipinski definition) is 1. The van der Waals surface area contributed by atoms with Crippen LogP contribution in [-0.4, -0.2) is 45.0 Å². The van der Waals surface area contributed by atoms with Gasteiger partial charge in [0.25, 0.3) is 5.56 Å². The number of methoxy groups -OCH3 is 1. The van der Waals surface area contributed by atoms with Gasteiger partial charge in [0.15, 0.2) is 5.65 Å². The van der Waals surface area contributed by atoms with Crippen LogP contribution in [0.3, 0.4) is 0 Å². The second-order valence-corrected chi connectivity index (χ2v) is 7.01. The van der Waals surface area contributed by atoms with Crippen LogP contribution in [0.2, 0.25) is 0 Å². The lowest BCUT2D eigenvalue weighted by atomic mass is 10.1. The highest BCUT2D eigenvalue weighted by Gasteiger charge is 2.25. The molecule has 3 aromatic heterocycles. The van der Waals surface area contributed by atoms with Crippen LogP contribution < -0.4 is 5.56 Å². The Morgan fingerprint density at radius 2 is 1.88 bits per heavy atom. The predicted molar refractivity (Wildman–Crippen MR) is 118 cm³/mol. The zero-order valence-electron chi connectivity index (χ0n) is 16.9. The van der Waals surface area contributed by atoms with Crippen LogP contribution in [0.5, 0.6) is 0 Å². The molecule has 5 aromatic rings. The first-order valence-electron chi connectivity index (χ1n) is 9.66. The Morgan fingerprint density at radius 1 is 1.12 bits per heavy atom. The molecule has 0 fully saturated rings. The van der Waals surface area contributed by atoms with Crippen molar-refractivity contribution >= 4 is 50.7 Å². The molecule has 1 N–H and O–H groups in total. The average Bonchev–Trinajstić information content (AvgIpc) is 3.13. The number of benzene rings is 2. The summed E-state index contributed by atoms with van der Waals surface area (Å²) in [5.41, 5.74) is 2.23. The monoisotopic (exact) mass is 428 g/mol. The third-order valence-electron chi connectivity index (χ3n) is 5.13. The fraction of sp³-hybridized carbons (Fsp3) is 0.0870. The van der Waals surface area contributed by atoms with Gasteiger partial charge in [-0.2, -0.15) is 0 Å². The molecular weight excluding hydrogens is 412 g/mol. The molecule has 0 aliphatic heterocycles. The highest BCUT2D eigenvalue weighted by molar-refractivity contribution is 6.11. The molecule has 5 rings (SSSR count). The second kappa shape index (κ2) is 7.31. The quantitative estimate of drug-likeness (QED) is 0.346. The van der Waals surface area contributed by atoms with E-state index in [1.165, 1.54) is 31.4 Å². The van der Waals surface area contributed by atoms with Crippen LogP contribution in [0.1, 0.15) is 20.7 Å². The van der Waals surface area contributed by atoms with Gasteiger partial charge < -0.3 is 14.5 Å². The normalized spacial score (nSPS) is 11.3. The van der Waals surface area contributed by atoms with Crippen LogP contribution in [0.25, 0.3) is 38.7 Å². The van der Waals surface area contributed by atoms with Crippen LogP contribution in [0.15, 0.2) is 59.9 Å². The average molecular weight is 428 g/mol. The molecule has 0 saturated carbocycles. The van der Waals surface area contributed by atoms with E-state index in [1.807, 2.05) is 12.1 Å². The van der Waals surface area contributed by atoms with E-state index in [4.69, 9.17) is 14.5 Å². The van der Waals surface area contributed by atoms with Gasteiger partial charge in [-0.1, -0.05) is 24.8 Å². The lowest BCUT2D eigenvalue weighted by Crippen LogP contribution is -2.13. The number of aromatic amines is 1. The van der Waals surface area contributed by atoms with E-state index in [-0.39, 0.29) is 28.9 Å². The van der Waals surface area contributed by atoms with Crippen molar-refractivity contribution in [2.75, 3.05) is 13.7 Å². The largest absolute Gasteiger partial charge is 0.465 e. The molecule has 3 heterocycles. The molecule has 0 unspecified atom stereocenters. The number of H-pyrrole nitrogens is 1. The number of hydrogen-bond acceptors (Lipinski definition) is 7. The number of rotatable bonds is 4. The van der Waals surface area contributed by atoms with Gasteiger partial charge in [0, 0.05) is 0 Å². The third-order valence-corrected chi connectivity index (χ3v) is 5.13. The maximum Gasteiger partial charge on any atom is 0.344 e. The van der Waals surface area contributed by atoms with E-state index < -0.39 is 17.5 Å². The van der Waals surface area contributed by atoms with Crippen LogP contribution in [-0.2, 0) is 9.47 Å². The van der Waals surface area contributed by atoms with E-state index in [0.29, 0.717) is 27.6 Å². The van der Waals surface area contributed by atoms with Crippen molar-refractivity contribution in [1.82, 2.24) is 19.4 Å². The number of nitrogens with one attached hydrogen (secondary N) is 1. The van der Waals surface area contributed by atoms with Gasteiger partial charge in [0.05, 0.1) is 34.6 Å². The zero-order valence-corrected chi connectivity index (χ0v) is 16.9. The minimum absolute atomic E-state index is 0.0109. The number of fused-ring (bicyclic) bond motifs is 6. The van der Waals surface area contributed by atoms with E-state index >= 15 is 0 Å². The third kappa shape index (κ3) is 2.83. The number of esters is 2. The fourth-order valence-electron chi connectivity index (χ4n) is 3.73. The Kier molecular flexibility index (Phi) is 4.44. The number of aromatic nitrogens is 4. The van der Waals surface area contributed by atoms with Gasteiger partial charge in [-0.15, -0.1) is 0 Å². The molecule has 158 valence electrons. The molecule has 0 spiro atoms. The highest BCUT2D eigenvalue weighted by atomic mass is 16.5. The molecule has 9 heteroatoms. The summed E-state index contributed by atoms with van der Waals surface area (Å²) in [5.74, 6) is -1.24. The topological polar surface area (TPSA) is 116 Å². The standard InChI is InChI=1S/C23H16N4O5/c1-3-10-32-23(30)17-18-20(25-15-7-5-4-6-14(15)24-18)27-16-11-12(22(29)31-2)8-9-13(16)21(28)26-19(17)27/h3-9,11H,1,10H2,2H3,(H,26,28). The molecule has 0 amide bonds. The number of para-hydroxylation sites is 2. The summed E-state index contributed by atoms with van der Waals surface area (Å²) in [7, 11) is 1.27. The number of carbonyl (C=O) groups excluding carboxylic acids is 2. The molecule has 32 heavy (non-hydrogen) atoms. The zero-order chi connectivity index (χ0) is 22.4. The molecule has 0 aliphatic carbocycles. The summed E-state index contributed by atoms with van der Waals surface area (Å²) in [6.07, 6.45) is 1.44. The molecule has 0 atom stereocenters. The summed E-state index contributed by atoms with van der Waals surface area (Å²) in [6.45, 7) is 3.55. The molecule has 0 aliphatic rings. The maximum atomic E-state index is 13.0. The van der Waals surface area contributed by atoms with Gasteiger partial charge in [-0.25, -0.2) is 19.6 Å². The summed E-state index contributed by atoms with van der Waals surface area (Å²) in [6, 6.07) is 11.8. The Labute approximate surface area is 179 Å². The molecular formula is C23H16N4O5. The van der Waals surface area contributed by atoms with Crippen LogP contribution in [0, 0.1) is 0 Å². The molecule has 0 radical (unpaired) electrons. The Hall–Kier alpha value is -4.53. The van der Waals surface area contributed by atoms with Crippen LogP contribution >= 0.6 is 0 Å². The van der Waals surface area contributed by atoms with Gasteiger partial charge in [-0.3, -0.25) is 9.20 Å². The van der Waals surface area contributed by atoms with Crippen molar-refractivity contribution in [3.8, 4) is 0 Å². The van der Waals surface area contributed by atoms with Gasteiger partial charge in [-0.05, 0) is 30.3 Å². The SMILES string of the molecule is C=CCOC(=O)c1c2nc3ccccc3nc2n2c1[nH]c(=O)c1ccc(C(=O)OC)cc12. The Balaban J connectivity index is 1.99. The van der Waals surface area contributed by atoms with Crippen molar-refractivity contribution in [1.29, 1.82) is 0 Å². The van der Waals surface area contributed by atoms with Gasteiger partial charge in [0.1, 0.15) is 23.3 Å². The fourth-order valence-corrected chi connectivity index (χ4v) is 3.73. The van der Waals surface area contributed by atoms with Crippen molar-refractivity contribution in [2.24, 2.45) is 0 Å². The lowest BCUT2D eigenvalue weighted by molar-refractivity contribution is 0.0552. The van der Waals surface area contributed by atoms with Gasteiger partial charge in [0.2, 0.25) is 0 Å². The second-order valence-electron chi connectivity index (χ2n) is 7.01. The van der Waals surface area contributed by atoms with Crippen molar-refractivity contribution < 1.29 is 19.1 Å². The molecule has 2 aromatic carbocycles. The first kappa shape index (κ1) is 19.4. The van der Waals surface area contributed by atoms with Crippen molar-refractivity contribution in [2.45, 2.75) is 0 Å². The Morgan fingerprint density at radius 3 is 2.59 bits per heavy atom. The van der Waals surface area contributed by atoms with Crippen molar-refractivity contribution in [3.63, 3.8) is 0 Å². The highest BCUT2D eigenvalue weighted by Crippen LogP contribution is 2.28. The van der Waals surface area contributed by atoms with E-state index in [0.717, 1.165) is 0 Å². The predicted octanol–water partition coefficient (Wildman–Crippen LogP) is 3.01. The van der Waals surface area contributed by atoms with Crippen LogP contribution in [0.4, 0.5) is 0 Å². The summed E-state index contributed by atoms with van der Waals surface area (Å²) >= 11 is 0. The number of nitrogens with zero attached hydrogens (tertiary/aromatic N) is 3. The first-order chi connectivity index (χ1) is 15.5. The number of carbonyl (C=O) groups is 2. The lowest BCUT2D eigenvalue weighted by Gasteiger charge is -2.06. The van der Waals surface area contributed by atoms with E-state index in [9.17, 15) is 14.4 Å². The first-order valence-corrected chi connectivity index (χ1v) is 9.66. The summed E-state index contributed by atoms with van der Waals surface area (Å²) in [4.78, 5) is 50.0. The van der Waals surface area contributed by atoms with Crippen molar-refractivity contribution in [3.05, 3.63) is 76.6 Å².